The van der Waals surface area contributed by atoms with Crippen molar-refractivity contribution in [1.82, 2.24) is 9.97 Å². The van der Waals surface area contributed by atoms with E-state index in [9.17, 15) is 0 Å². The largest absolute Gasteiger partial charge is 0.382 e. The maximum atomic E-state index is 7.25. The van der Waals surface area contributed by atoms with Gasteiger partial charge in [-0.25, -0.2) is 9.97 Å². The van der Waals surface area contributed by atoms with E-state index < -0.39 is 0 Å². The van der Waals surface area contributed by atoms with Crippen molar-refractivity contribution in [1.29, 1.82) is 5.41 Å². The van der Waals surface area contributed by atoms with Gasteiger partial charge in [-0.3, -0.25) is 5.41 Å². The van der Waals surface area contributed by atoms with Crippen molar-refractivity contribution in [2.75, 3.05) is 11.4 Å². The van der Waals surface area contributed by atoms with Gasteiger partial charge in [-0.15, -0.1) is 0 Å². The lowest BCUT2D eigenvalue weighted by atomic mass is 10.2. The maximum absolute atomic E-state index is 7.25. The van der Waals surface area contributed by atoms with Gasteiger partial charge in [0.2, 0.25) is 0 Å². The van der Waals surface area contributed by atoms with Crippen molar-refractivity contribution < 1.29 is 0 Å². The van der Waals surface area contributed by atoms with E-state index in [2.05, 4.69) is 21.8 Å². The zero-order chi connectivity index (χ0) is 11.5. The summed E-state index contributed by atoms with van der Waals surface area (Å²) < 4.78 is 0. The van der Waals surface area contributed by atoms with Crippen LogP contribution < -0.4 is 10.6 Å². The Morgan fingerprint density at radius 1 is 1.56 bits per heavy atom. The molecular weight excluding hydrogens is 202 g/mol. The molecule has 86 valence electrons. The lowest BCUT2D eigenvalue weighted by Crippen LogP contribution is -2.29. The van der Waals surface area contributed by atoms with Crippen LogP contribution in [-0.4, -0.2) is 28.4 Å². The molecule has 2 heterocycles. The fourth-order valence-electron chi connectivity index (χ4n) is 2.17. The Morgan fingerprint density at radius 2 is 2.38 bits per heavy atom. The zero-order valence-electron chi connectivity index (χ0n) is 9.48. The molecule has 0 bridgehead atoms. The molecule has 1 saturated heterocycles. The molecule has 1 aliphatic rings. The Kier molecular flexibility index (Phi) is 3.03. The SMILES string of the molecule is CCC1CCCN1c1cnc(C(=N)N)cn1. The second-order valence-corrected chi connectivity index (χ2v) is 4.07. The molecule has 1 aromatic rings. The molecule has 16 heavy (non-hydrogen) atoms. The topological polar surface area (TPSA) is 78.9 Å². The first-order valence-electron chi connectivity index (χ1n) is 5.65. The third-order valence-corrected chi connectivity index (χ3v) is 3.06. The van der Waals surface area contributed by atoms with Crippen molar-refractivity contribution >= 4 is 11.7 Å². The molecule has 1 aliphatic heterocycles. The Labute approximate surface area is 95.2 Å². The Bertz CT molecular complexity index is 372. The summed E-state index contributed by atoms with van der Waals surface area (Å²) in [5.41, 5.74) is 5.78. The van der Waals surface area contributed by atoms with Gasteiger partial charge in [-0.1, -0.05) is 6.92 Å². The van der Waals surface area contributed by atoms with E-state index in [1.165, 1.54) is 12.8 Å². The lowest BCUT2D eigenvalue weighted by Gasteiger charge is -2.24. The fraction of sp³-hybridized carbons (Fsp3) is 0.545. The third-order valence-electron chi connectivity index (χ3n) is 3.06. The second kappa shape index (κ2) is 4.47. The number of nitrogens with one attached hydrogen (secondary N) is 1. The summed E-state index contributed by atoms with van der Waals surface area (Å²) in [4.78, 5) is 10.7. The maximum Gasteiger partial charge on any atom is 0.147 e. The van der Waals surface area contributed by atoms with Crippen molar-refractivity contribution in [2.24, 2.45) is 5.73 Å². The molecule has 0 spiro atoms. The van der Waals surface area contributed by atoms with Crippen LogP contribution in [0.1, 0.15) is 31.9 Å². The summed E-state index contributed by atoms with van der Waals surface area (Å²) in [6.07, 6.45) is 6.87. The van der Waals surface area contributed by atoms with E-state index in [-0.39, 0.29) is 5.84 Å². The molecule has 1 fully saturated rings. The van der Waals surface area contributed by atoms with E-state index >= 15 is 0 Å². The van der Waals surface area contributed by atoms with Crippen molar-refractivity contribution in [3.63, 3.8) is 0 Å². The summed E-state index contributed by atoms with van der Waals surface area (Å²) >= 11 is 0. The number of anilines is 1. The molecule has 1 atom stereocenters. The minimum absolute atomic E-state index is 0.0347. The quantitative estimate of drug-likeness (QED) is 0.590. The van der Waals surface area contributed by atoms with Crippen LogP contribution in [0.2, 0.25) is 0 Å². The third kappa shape index (κ3) is 1.98. The highest BCUT2D eigenvalue weighted by atomic mass is 15.2. The summed E-state index contributed by atoms with van der Waals surface area (Å²) in [6.45, 7) is 3.24. The molecule has 1 aromatic heterocycles. The molecule has 0 amide bonds. The van der Waals surface area contributed by atoms with Crippen LogP contribution in [0.4, 0.5) is 5.82 Å². The van der Waals surface area contributed by atoms with Crippen LogP contribution in [0, 0.1) is 5.41 Å². The van der Waals surface area contributed by atoms with E-state index in [4.69, 9.17) is 11.1 Å². The van der Waals surface area contributed by atoms with Gasteiger partial charge in [0.05, 0.1) is 12.4 Å². The number of aromatic nitrogens is 2. The Hall–Kier alpha value is -1.65. The molecule has 2 rings (SSSR count). The smallest absolute Gasteiger partial charge is 0.147 e. The van der Waals surface area contributed by atoms with E-state index in [1.54, 1.807) is 12.4 Å². The van der Waals surface area contributed by atoms with Gasteiger partial charge in [0.25, 0.3) is 0 Å². The lowest BCUT2D eigenvalue weighted by molar-refractivity contribution is 0.639. The average Bonchev–Trinajstić information content (AvgIpc) is 2.77. The number of hydrogen-bond acceptors (Lipinski definition) is 4. The zero-order valence-corrected chi connectivity index (χ0v) is 9.48. The van der Waals surface area contributed by atoms with Gasteiger partial charge in [0.1, 0.15) is 17.3 Å². The van der Waals surface area contributed by atoms with Crippen LogP contribution >= 0.6 is 0 Å². The predicted octanol–water partition coefficient (Wildman–Crippen LogP) is 1.14. The minimum atomic E-state index is -0.0347. The number of nitrogen functional groups attached to an aromatic ring is 1. The first kappa shape index (κ1) is 10.9. The van der Waals surface area contributed by atoms with Gasteiger partial charge in [0.15, 0.2) is 0 Å². The highest BCUT2D eigenvalue weighted by molar-refractivity contribution is 5.92. The van der Waals surface area contributed by atoms with Crippen molar-refractivity contribution in [3.05, 3.63) is 18.1 Å². The number of rotatable bonds is 3. The van der Waals surface area contributed by atoms with E-state index in [1.807, 2.05) is 0 Å². The van der Waals surface area contributed by atoms with E-state index in [0.717, 1.165) is 18.8 Å². The molecule has 5 heteroatoms. The normalized spacial score (nSPS) is 20.1. The second-order valence-electron chi connectivity index (χ2n) is 4.07. The number of hydrogen-bond donors (Lipinski definition) is 2. The molecule has 0 aliphatic carbocycles. The molecule has 3 N–H and O–H groups in total. The van der Waals surface area contributed by atoms with Gasteiger partial charge >= 0.3 is 0 Å². The van der Waals surface area contributed by atoms with Gasteiger partial charge < -0.3 is 10.6 Å². The van der Waals surface area contributed by atoms with Gasteiger partial charge in [-0.2, -0.15) is 0 Å². The Balaban J connectivity index is 2.18. The van der Waals surface area contributed by atoms with E-state index in [0.29, 0.717) is 11.7 Å². The molecule has 0 aromatic carbocycles. The van der Waals surface area contributed by atoms with Crippen LogP contribution in [0.25, 0.3) is 0 Å². The monoisotopic (exact) mass is 219 g/mol. The van der Waals surface area contributed by atoms with Crippen LogP contribution in [-0.2, 0) is 0 Å². The van der Waals surface area contributed by atoms with Crippen molar-refractivity contribution in [3.8, 4) is 0 Å². The van der Waals surface area contributed by atoms with Gasteiger partial charge in [0, 0.05) is 12.6 Å². The van der Waals surface area contributed by atoms with Crippen LogP contribution in [0.15, 0.2) is 12.4 Å². The summed E-state index contributed by atoms with van der Waals surface area (Å²) in [7, 11) is 0. The molecule has 5 nitrogen and oxygen atoms in total. The predicted molar refractivity (Wildman–Crippen MR) is 63.7 cm³/mol. The fourth-order valence-corrected chi connectivity index (χ4v) is 2.17. The molecular formula is C11H17N5. The van der Waals surface area contributed by atoms with Gasteiger partial charge in [-0.05, 0) is 19.3 Å². The summed E-state index contributed by atoms with van der Waals surface area (Å²) in [6, 6.07) is 0.581. The first-order valence-corrected chi connectivity index (χ1v) is 5.65. The molecule has 0 saturated carbocycles. The number of nitrogens with zero attached hydrogens (tertiary/aromatic N) is 3. The highest BCUT2D eigenvalue weighted by Crippen LogP contribution is 2.24. The Morgan fingerprint density at radius 3 is 2.94 bits per heavy atom. The van der Waals surface area contributed by atoms with Crippen LogP contribution in [0.3, 0.4) is 0 Å². The molecule has 0 radical (unpaired) electrons. The highest BCUT2D eigenvalue weighted by Gasteiger charge is 2.24. The number of amidine groups is 1. The average molecular weight is 219 g/mol. The molecule has 1 unspecified atom stereocenters. The summed E-state index contributed by atoms with van der Waals surface area (Å²) in [5, 5.41) is 7.25. The van der Waals surface area contributed by atoms with Crippen molar-refractivity contribution in [2.45, 2.75) is 32.2 Å². The minimum Gasteiger partial charge on any atom is -0.382 e. The van der Waals surface area contributed by atoms with Crippen LogP contribution in [0.5, 0.6) is 0 Å². The first-order chi connectivity index (χ1) is 7.72. The summed E-state index contributed by atoms with van der Waals surface area (Å²) in [5.74, 6) is 0.863. The standard InChI is InChI=1S/C11H17N5/c1-2-8-4-3-5-16(8)10-7-14-9(6-15-10)11(12)13/h6-8H,2-5H2,1H3,(H3,12,13). The number of nitrogens with two attached hydrogens (primary N) is 1.